The number of anilines is 2. The van der Waals surface area contributed by atoms with Crippen LogP contribution in [0.2, 0.25) is 0 Å². The van der Waals surface area contributed by atoms with E-state index < -0.39 is 11.6 Å². The molecule has 8 heteroatoms. The average molecular weight is 387 g/mol. The summed E-state index contributed by atoms with van der Waals surface area (Å²) in [6.07, 6.45) is 1.39. The first-order valence-corrected chi connectivity index (χ1v) is 9.07. The summed E-state index contributed by atoms with van der Waals surface area (Å²) in [6.45, 7) is 0.776. The average Bonchev–Trinajstić information content (AvgIpc) is 2.70. The fraction of sp³-hybridized carbons (Fsp3) is 0.300. The van der Waals surface area contributed by atoms with Crippen LogP contribution >= 0.6 is 0 Å². The summed E-state index contributed by atoms with van der Waals surface area (Å²) in [5, 5.41) is 5.48. The predicted octanol–water partition coefficient (Wildman–Crippen LogP) is 3.71. The Morgan fingerprint density at radius 1 is 1.21 bits per heavy atom. The minimum Gasteiger partial charge on any atom is -0.482 e. The van der Waals surface area contributed by atoms with E-state index in [0.29, 0.717) is 48.6 Å². The molecular formula is C20H19F2N3O3. The maximum atomic E-state index is 14.1. The molecule has 2 heterocycles. The standard InChI is InChI=1S/C20H19F2N3O3/c21-13-3-5-16(22)15(8-13)12-2-1-7-25(10-12)20(27)23-14-4-6-17-18(9-14)28-11-19(26)24-17/h3-6,8-9,12H,1-2,7,10-11H2,(H,23,27)(H,24,26). The van der Waals surface area contributed by atoms with Gasteiger partial charge >= 0.3 is 6.03 Å². The normalized spacial score (nSPS) is 18.7. The molecule has 1 saturated heterocycles. The summed E-state index contributed by atoms with van der Waals surface area (Å²) in [7, 11) is 0. The van der Waals surface area contributed by atoms with Crippen molar-refractivity contribution in [1.82, 2.24) is 4.90 Å². The Balaban J connectivity index is 1.45. The van der Waals surface area contributed by atoms with Crippen LogP contribution in [-0.4, -0.2) is 36.5 Å². The number of hydrogen-bond donors (Lipinski definition) is 2. The highest BCUT2D eigenvalue weighted by molar-refractivity contribution is 5.96. The number of carbonyl (C=O) groups is 2. The second-order valence-electron chi connectivity index (χ2n) is 6.93. The highest BCUT2D eigenvalue weighted by Crippen LogP contribution is 2.32. The van der Waals surface area contributed by atoms with Crippen LogP contribution in [0.5, 0.6) is 5.75 Å². The highest BCUT2D eigenvalue weighted by Gasteiger charge is 2.27. The van der Waals surface area contributed by atoms with E-state index in [-0.39, 0.29) is 24.5 Å². The molecule has 1 fully saturated rings. The summed E-state index contributed by atoms with van der Waals surface area (Å²) in [5.74, 6) is -0.942. The van der Waals surface area contributed by atoms with Crippen LogP contribution < -0.4 is 15.4 Å². The molecule has 1 unspecified atom stereocenters. The van der Waals surface area contributed by atoms with E-state index in [1.54, 1.807) is 23.1 Å². The van der Waals surface area contributed by atoms with E-state index in [1.165, 1.54) is 6.07 Å². The minimum atomic E-state index is -0.487. The molecule has 28 heavy (non-hydrogen) atoms. The molecule has 0 aromatic heterocycles. The van der Waals surface area contributed by atoms with E-state index >= 15 is 0 Å². The van der Waals surface area contributed by atoms with E-state index in [1.807, 2.05) is 0 Å². The second-order valence-corrected chi connectivity index (χ2v) is 6.93. The van der Waals surface area contributed by atoms with Crippen LogP contribution in [0.25, 0.3) is 0 Å². The van der Waals surface area contributed by atoms with Crippen molar-refractivity contribution >= 4 is 23.3 Å². The van der Waals surface area contributed by atoms with Gasteiger partial charge in [-0.1, -0.05) is 0 Å². The molecule has 0 saturated carbocycles. The summed E-state index contributed by atoms with van der Waals surface area (Å²) < 4.78 is 32.9. The Labute approximate surface area is 160 Å². The van der Waals surface area contributed by atoms with Gasteiger partial charge in [0, 0.05) is 30.8 Å². The number of fused-ring (bicyclic) bond motifs is 1. The van der Waals surface area contributed by atoms with Crippen LogP contribution in [0, 0.1) is 11.6 Å². The third kappa shape index (κ3) is 3.76. The van der Waals surface area contributed by atoms with Gasteiger partial charge in [-0.2, -0.15) is 0 Å². The zero-order valence-electron chi connectivity index (χ0n) is 15.0. The monoisotopic (exact) mass is 387 g/mol. The Morgan fingerprint density at radius 2 is 2.07 bits per heavy atom. The number of ether oxygens (including phenoxy) is 1. The first-order valence-electron chi connectivity index (χ1n) is 9.07. The fourth-order valence-corrected chi connectivity index (χ4v) is 3.60. The van der Waals surface area contributed by atoms with Gasteiger partial charge in [-0.25, -0.2) is 13.6 Å². The van der Waals surface area contributed by atoms with Gasteiger partial charge in [0.05, 0.1) is 5.69 Å². The van der Waals surface area contributed by atoms with Gasteiger partial charge in [0.15, 0.2) is 6.61 Å². The molecule has 1 atom stereocenters. The van der Waals surface area contributed by atoms with Crippen LogP contribution in [0.15, 0.2) is 36.4 Å². The van der Waals surface area contributed by atoms with Crippen LogP contribution in [0.3, 0.4) is 0 Å². The lowest BCUT2D eigenvalue weighted by Gasteiger charge is -2.33. The molecule has 0 spiro atoms. The lowest BCUT2D eigenvalue weighted by atomic mass is 9.90. The van der Waals surface area contributed by atoms with Gasteiger partial charge in [0.25, 0.3) is 5.91 Å². The van der Waals surface area contributed by atoms with Gasteiger partial charge in [-0.05, 0) is 48.7 Å². The quantitative estimate of drug-likeness (QED) is 0.825. The molecule has 0 radical (unpaired) electrons. The van der Waals surface area contributed by atoms with E-state index in [4.69, 9.17) is 4.74 Å². The molecule has 4 rings (SSSR count). The molecule has 3 amide bonds. The third-order valence-electron chi connectivity index (χ3n) is 4.97. The number of benzene rings is 2. The van der Waals surface area contributed by atoms with Crippen molar-refractivity contribution in [3.8, 4) is 5.75 Å². The van der Waals surface area contributed by atoms with Crippen molar-refractivity contribution in [2.45, 2.75) is 18.8 Å². The van der Waals surface area contributed by atoms with Gasteiger partial charge in [-0.3, -0.25) is 4.79 Å². The molecule has 0 bridgehead atoms. The van der Waals surface area contributed by atoms with Gasteiger partial charge in [-0.15, -0.1) is 0 Å². The molecular weight excluding hydrogens is 368 g/mol. The number of halogens is 2. The molecule has 6 nitrogen and oxygen atoms in total. The van der Waals surface area contributed by atoms with Gasteiger partial charge in [0.1, 0.15) is 17.4 Å². The molecule has 2 aliphatic heterocycles. The molecule has 146 valence electrons. The van der Waals surface area contributed by atoms with Crippen molar-refractivity contribution < 1.29 is 23.1 Å². The molecule has 2 aliphatic rings. The predicted molar refractivity (Wildman–Crippen MR) is 99.5 cm³/mol. The van der Waals surface area contributed by atoms with Gasteiger partial charge in [0.2, 0.25) is 0 Å². The van der Waals surface area contributed by atoms with Crippen molar-refractivity contribution in [2.75, 3.05) is 30.3 Å². The number of rotatable bonds is 2. The number of carbonyl (C=O) groups excluding carboxylic acids is 2. The minimum absolute atomic E-state index is 0.0720. The molecule has 2 aromatic carbocycles. The Hall–Kier alpha value is -3.16. The van der Waals surface area contributed by atoms with E-state index in [2.05, 4.69) is 10.6 Å². The summed E-state index contributed by atoms with van der Waals surface area (Å²) in [5.41, 5.74) is 1.38. The molecule has 2 aromatic rings. The zero-order chi connectivity index (χ0) is 19.7. The van der Waals surface area contributed by atoms with Gasteiger partial charge < -0.3 is 20.3 Å². The van der Waals surface area contributed by atoms with E-state index in [9.17, 15) is 18.4 Å². The Morgan fingerprint density at radius 3 is 2.93 bits per heavy atom. The number of urea groups is 1. The molecule has 0 aliphatic carbocycles. The number of likely N-dealkylation sites (tertiary alicyclic amines) is 1. The maximum absolute atomic E-state index is 14.1. The Kier molecular flexibility index (Phi) is 4.85. The number of nitrogens with one attached hydrogen (secondary N) is 2. The zero-order valence-corrected chi connectivity index (χ0v) is 15.0. The highest BCUT2D eigenvalue weighted by atomic mass is 19.1. The summed E-state index contributed by atoms with van der Waals surface area (Å²) in [6, 6.07) is 8.06. The third-order valence-corrected chi connectivity index (χ3v) is 4.97. The first-order chi connectivity index (χ1) is 13.5. The lowest BCUT2D eigenvalue weighted by molar-refractivity contribution is -0.118. The van der Waals surface area contributed by atoms with Crippen molar-refractivity contribution in [2.24, 2.45) is 0 Å². The Bertz CT molecular complexity index is 935. The fourth-order valence-electron chi connectivity index (χ4n) is 3.60. The SMILES string of the molecule is O=C1COc2cc(NC(=O)N3CCCC(c4cc(F)ccc4F)C3)ccc2N1. The second kappa shape index (κ2) is 7.46. The number of amides is 3. The number of piperidine rings is 1. The maximum Gasteiger partial charge on any atom is 0.321 e. The number of nitrogens with zero attached hydrogens (tertiary/aromatic N) is 1. The van der Waals surface area contributed by atoms with E-state index in [0.717, 1.165) is 12.1 Å². The van der Waals surface area contributed by atoms with Crippen LogP contribution in [0.4, 0.5) is 25.0 Å². The van der Waals surface area contributed by atoms with Crippen molar-refractivity contribution in [3.63, 3.8) is 0 Å². The van der Waals surface area contributed by atoms with Crippen LogP contribution in [-0.2, 0) is 4.79 Å². The topological polar surface area (TPSA) is 70.7 Å². The number of hydrogen-bond acceptors (Lipinski definition) is 3. The van der Waals surface area contributed by atoms with Crippen molar-refractivity contribution in [1.29, 1.82) is 0 Å². The summed E-state index contributed by atoms with van der Waals surface area (Å²) in [4.78, 5) is 25.6. The van der Waals surface area contributed by atoms with Crippen molar-refractivity contribution in [3.05, 3.63) is 53.6 Å². The van der Waals surface area contributed by atoms with Crippen LogP contribution in [0.1, 0.15) is 24.3 Å². The molecule has 2 N–H and O–H groups in total. The first kappa shape index (κ1) is 18.2. The summed E-state index contributed by atoms with van der Waals surface area (Å²) >= 11 is 0. The lowest BCUT2D eigenvalue weighted by Crippen LogP contribution is -2.41. The smallest absolute Gasteiger partial charge is 0.321 e. The largest absolute Gasteiger partial charge is 0.482 e.